The van der Waals surface area contributed by atoms with Gasteiger partial charge < -0.3 is 16.2 Å². The third-order valence-corrected chi connectivity index (χ3v) is 5.02. The van der Waals surface area contributed by atoms with Crippen LogP contribution in [0.3, 0.4) is 0 Å². The second-order valence-electron chi connectivity index (χ2n) is 6.60. The molecule has 2 rings (SSSR count). The van der Waals surface area contributed by atoms with Crippen LogP contribution in [-0.2, 0) is 0 Å². The van der Waals surface area contributed by atoms with Crippen molar-refractivity contribution in [3.05, 3.63) is 6.42 Å². The van der Waals surface area contributed by atoms with Gasteiger partial charge in [-0.25, -0.2) is 0 Å². The minimum atomic E-state index is 0. The Labute approximate surface area is 176 Å². The molecule has 0 atom stereocenters. The fourth-order valence-electron chi connectivity index (χ4n) is 3.47. The van der Waals surface area contributed by atoms with Gasteiger partial charge in [-0.05, 0) is 52.7 Å². The van der Waals surface area contributed by atoms with Gasteiger partial charge in [0.15, 0.2) is 0 Å². The number of nitrogens with zero attached hydrogens (tertiary/aromatic N) is 2. The van der Waals surface area contributed by atoms with Gasteiger partial charge in [-0.15, -0.1) is 0 Å². The van der Waals surface area contributed by atoms with Crippen LogP contribution in [0.4, 0.5) is 0 Å². The Morgan fingerprint density at radius 1 is 1.05 bits per heavy atom. The largest absolute Gasteiger partial charge is 1.00 e. The summed E-state index contributed by atoms with van der Waals surface area (Å²) in [5.74, 6) is 0.981. The second-order valence-corrected chi connectivity index (χ2v) is 6.60. The number of rotatable bonds is 4. The van der Waals surface area contributed by atoms with Gasteiger partial charge in [0.05, 0.1) is 0 Å². The minimum Gasteiger partial charge on any atom is -0.328 e. The minimum absolute atomic E-state index is 0. The molecule has 0 spiro atoms. The molecule has 0 unspecified atom stereocenters. The molecule has 0 aromatic carbocycles. The van der Waals surface area contributed by atoms with E-state index in [2.05, 4.69) is 37.1 Å². The van der Waals surface area contributed by atoms with Gasteiger partial charge >= 0.3 is 51.4 Å². The topological polar surface area (TPSA) is 6.48 Å². The summed E-state index contributed by atoms with van der Waals surface area (Å²) in [5, 5.41) is 0. The van der Waals surface area contributed by atoms with Crippen molar-refractivity contribution >= 4 is 0 Å². The van der Waals surface area contributed by atoms with Crippen LogP contribution in [0.15, 0.2) is 0 Å². The monoisotopic (exact) mass is 320 g/mol. The van der Waals surface area contributed by atoms with E-state index in [1.165, 1.54) is 58.2 Å². The molecule has 2 nitrogen and oxygen atoms in total. The van der Waals surface area contributed by atoms with E-state index in [4.69, 9.17) is 0 Å². The average molecular weight is 321 g/mol. The zero-order chi connectivity index (χ0) is 15.0. The maximum absolute atomic E-state index is 2.72. The van der Waals surface area contributed by atoms with E-state index in [1.807, 2.05) is 13.8 Å². The fourth-order valence-corrected chi connectivity index (χ4v) is 3.47. The van der Waals surface area contributed by atoms with E-state index in [9.17, 15) is 0 Å². The van der Waals surface area contributed by atoms with E-state index >= 15 is 0 Å². The standard InChI is InChI=1S/C16H31N2.C2H6.K/c1-14(2)17(3)16-9-11-18(12-10-16)13-15-7-5-4-6-8-15;1-2;/h4,14-16H,5-13H2,1-3H3;1-2H3;/q-1;;+1. The van der Waals surface area contributed by atoms with Crippen molar-refractivity contribution in [2.45, 2.75) is 78.3 Å². The first kappa shape index (κ1) is 22.6. The van der Waals surface area contributed by atoms with Gasteiger partial charge in [-0.2, -0.15) is 12.8 Å². The van der Waals surface area contributed by atoms with Crippen molar-refractivity contribution in [1.82, 2.24) is 9.80 Å². The summed E-state index contributed by atoms with van der Waals surface area (Å²) in [5.41, 5.74) is 0. The van der Waals surface area contributed by atoms with Gasteiger partial charge in [-0.1, -0.05) is 26.7 Å². The molecule has 2 aliphatic rings. The van der Waals surface area contributed by atoms with E-state index in [0.717, 1.165) is 12.0 Å². The van der Waals surface area contributed by atoms with Gasteiger partial charge in [0.25, 0.3) is 0 Å². The zero-order valence-corrected chi connectivity index (χ0v) is 18.7. The van der Waals surface area contributed by atoms with Gasteiger partial charge in [-0.3, -0.25) is 0 Å². The summed E-state index contributed by atoms with van der Waals surface area (Å²) < 4.78 is 0. The predicted molar refractivity (Wildman–Crippen MR) is 90.0 cm³/mol. The maximum atomic E-state index is 2.72. The summed E-state index contributed by atoms with van der Waals surface area (Å²) in [4.78, 5) is 5.29. The van der Waals surface area contributed by atoms with Crippen molar-refractivity contribution < 1.29 is 51.4 Å². The van der Waals surface area contributed by atoms with Crippen molar-refractivity contribution in [2.24, 2.45) is 5.92 Å². The molecule has 0 amide bonds. The smallest absolute Gasteiger partial charge is 0.328 e. The molecule has 0 aromatic heterocycles. The summed E-state index contributed by atoms with van der Waals surface area (Å²) in [6.45, 7) is 12.6. The quantitative estimate of drug-likeness (QED) is 0.568. The van der Waals surface area contributed by atoms with Crippen LogP contribution < -0.4 is 51.4 Å². The molecular weight excluding hydrogens is 283 g/mol. The Morgan fingerprint density at radius 2 is 1.57 bits per heavy atom. The van der Waals surface area contributed by atoms with Gasteiger partial charge in [0.2, 0.25) is 0 Å². The number of piperidine rings is 1. The summed E-state index contributed by atoms with van der Waals surface area (Å²) in [6, 6.07) is 1.51. The molecule has 2 fully saturated rings. The molecule has 1 saturated heterocycles. The zero-order valence-electron chi connectivity index (χ0n) is 15.6. The molecule has 0 bridgehead atoms. The molecule has 0 N–H and O–H groups in total. The third-order valence-electron chi connectivity index (χ3n) is 5.02. The Hall–Kier alpha value is 1.56. The first-order valence-electron chi connectivity index (χ1n) is 8.92. The Balaban J connectivity index is 0.00000128. The molecule has 0 aromatic rings. The van der Waals surface area contributed by atoms with Crippen molar-refractivity contribution in [2.75, 3.05) is 26.7 Å². The molecule has 1 saturated carbocycles. The van der Waals surface area contributed by atoms with Crippen LogP contribution in [0.25, 0.3) is 0 Å². The van der Waals surface area contributed by atoms with Crippen LogP contribution >= 0.6 is 0 Å². The summed E-state index contributed by atoms with van der Waals surface area (Å²) in [6.07, 6.45) is 10.8. The fraction of sp³-hybridized carbons (Fsp3) is 0.944. The normalized spacial score (nSPS) is 21.9. The van der Waals surface area contributed by atoms with Crippen LogP contribution in [-0.4, -0.2) is 48.6 Å². The molecule has 1 heterocycles. The summed E-state index contributed by atoms with van der Waals surface area (Å²) in [7, 11) is 2.29. The number of hydrogen-bond acceptors (Lipinski definition) is 2. The first-order chi connectivity index (χ1) is 9.66. The maximum Gasteiger partial charge on any atom is 1.00 e. The van der Waals surface area contributed by atoms with E-state index in [1.54, 1.807) is 0 Å². The average Bonchev–Trinajstić information content (AvgIpc) is 2.50. The van der Waals surface area contributed by atoms with Crippen LogP contribution in [0.2, 0.25) is 0 Å². The van der Waals surface area contributed by atoms with Gasteiger partial charge in [0.1, 0.15) is 0 Å². The predicted octanol–water partition coefficient (Wildman–Crippen LogP) is 1.22. The second kappa shape index (κ2) is 12.9. The van der Waals surface area contributed by atoms with Crippen molar-refractivity contribution in [3.63, 3.8) is 0 Å². The summed E-state index contributed by atoms with van der Waals surface area (Å²) >= 11 is 0. The van der Waals surface area contributed by atoms with E-state index in [-0.39, 0.29) is 51.4 Å². The molecule has 1 aliphatic carbocycles. The molecule has 120 valence electrons. The first-order valence-corrected chi connectivity index (χ1v) is 8.92. The SMILES string of the molecule is CC.CC(C)N(C)C1CCN(CC2CC[CH-]CC2)CC1.[K+]. The Kier molecular flexibility index (Phi) is 13.9. The van der Waals surface area contributed by atoms with E-state index in [0.29, 0.717) is 6.04 Å². The van der Waals surface area contributed by atoms with Crippen LogP contribution in [0, 0.1) is 12.3 Å². The number of hydrogen-bond donors (Lipinski definition) is 0. The van der Waals surface area contributed by atoms with Crippen molar-refractivity contribution in [3.8, 4) is 0 Å². The molecule has 0 radical (unpaired) electrons. The molecule has 3 heteroatoms. The Bertz CT molecular complexity index is 231. The van der Waals surface area contributed by atoms with Gasteiger partial charge in [0, 0.05) is 18.6 Å². The third kappa shape index (κ3) is 8.28. The Morgan fingerprint density at radius 3 is 2.05 bits per heavy atom. The van der Waals surface area contributed by atoms with E-state index < -0.39 is 0 Å². The van der Waals surface area contributed by atoms with Crippen LogP contribution in [0.5, 0.6) is 0 Å². The molecule has 21 heavy (non-hydrogen) atoms. The number of likely N-dealkylation sites (tertiary alicyclic amines) is 1. The van der Waals surface area contributed by atoms with Crippen LogP contribution in [0.1, 0.15) is 66.2 Å². The van der Waals surface area contributed by atoms with Crippen molar-refractivity contribution in [1.29, 1.82) is 0 Å². The molecular formula is C18H37KN2. The molecule has 1 aliphatic heterocycles.